The summed E-state index contributed by atoms with van der Waals surface area (Å²) in [6.45, 7) is 6.96. The summed E-state index contributed by atoms with van der Waals surface area (Å²) in [6.07, 6.45) is 0. The van der Waals surface area contributed by atoms with Gasteiger partial charge in [-0.3, -0.25) is 14.9 Å². The second-order valence-corrected chi connectivity index (χ2v) is 7.31. The van der Waals surface area contributed by atoms with E-state index in [0.29, 0.717) is 18.7 Å². The van der Waals surface area contributed by atoms with Gasteiger partial charge in [0.05, 0.1) is 9.95 Å². The van der Waals surface area contributed by atoms with Crippen LogP contribution in [0, 0.1) is 10.1 Å². The number of para-hydroxylation sites is 1. The molecule has 0 saturated carbocycles. The van der Waals surface area contributed by atoms with Crippen LogP contribution in [0.1, 0.15) is 36.7 Å². The first-order valence-corrected chi connectivity index (χ1v) is 8.63. The first-order chi connectivity index (χ1) is 12.2. The molecule has 2 N–H and O–H groups in total. The van der Waals surface area contributed by atoms with Gasteiger partial charge in [-0.1, -0.05) is 50.6 Å². The minimum absolute atomic E-state index is 0.0304. The van der Waals surface area contributed by atoms with E-state index in [1.165, 1.54) is 12.1 Å². The van der Waals surface area contributed by atoms with Gasteiger partial charge in [-0.05, 0) is 29.2 Å². The average molecular weight is 376 g/mol. The quantitative estimate of drug-likeness (QED) is 0.445. The van der Waals surface area contributed by atoms with E-state index in [0.717, 1.165) is 5.56 Å². The van der Waals surface area contributed by atoms with Gasteiger partial charge in [-0.2, -0.15) is 0 Å². The summed E-state index contributed by atoms with van der Waals surface area (Å²) in [5, 5.41) is 17.0. The fraction of sp³-hybridized carbons (Fsp3) is 0.316. The highest BCUT2D eigenvalue weighted by atomic mass is 35.5. The SMILES string of the molecule is CC(C)(C)c1ccc(C(=O)NCCNc2c(Cl)cccc2[N+](=O)[O-])cc1. The van der Waals surface area contributed by atoms with Gasteiger partial charge in [-0.25, -0.2) is 0 Å². The zero-order valence-electron chi connectivity index (χ0n) is 15.0. The van der Waals surface area contributed by atoms with Gasteiger partial charge in [0.25, 0.3) is 11.6 Å². The van der Waals surface area contributed by atoms with E-state index >= 15 is 0 Å². The number of amides is 1. The molecule has 0 fully saturated rings. The molecule has 0 aromatic heterocycles. The number of hydrogen-bond acceptors (Lipinski definition) is 4. The average Bonchev–Trinajstić information content (AvgIpc) is 2.58. The summed E-state index contributed by atoms with van der Waals surface area (Å²) in [5.41, 5.74) is 1.91. The van der Waals surface area contributed by atoms with Crippen LogP contribution < -0.4 is 10.6 Å². The van der Waals surface area contributed by atoms with Crippen molar-refractivity contribution in [2.24, 2.45) is 0 Å². The van der Waals surface area contributed by atoms with E-state index < -0.39 is 4.92 Å². The molecule has 2 rings (SSSR count). The molecule has 0 unspecified atom stereocenters. The molecule has 0 atom stereocenters. The van der Waals surface area contributed by atoms with Crippen LogP contribution >= 0.6 is 11.6 Å². The van der Waals surface area contributed by atoms with Crippen LogP contribution in [0.2, 0.25) is 5.02 Å². The van der Waals surface area contributed by atoms with Gasteiger partial charge in [-0.15, -0.1) is 0 Å². The maximum atomic E-state index is 12.2. The van der Waals surface area contributed by atoms with Gasteiger partial charge in [0, 0.05) is 24.7 Å². The van der Waals surface area contributed by atoms with E-state index in [1.54, 1.807) is 18.2 Å². The van der Waals surface area contributed by atoms with Gasteiger partial charge in [0.1, 0.15) is 5.69 Å². The van der Waals surface area contributed by atoms with Crippen LogP contribution in [0.4, 0.5) is 11.4 Å². The molecule has 7 heteroatoms. The molecule has 0 spiro atoms. The molecule has 2 aromatic carbocycles. The summed E-state index contributed by atoms with van der Waals surface area (Å²) in [4.78, 5) is 22.7. The lowest BCUT2D eigenvalue weighted by Crippen LogP contribution is -2.29. The van der Waals surface area contributed by atoms with Crippen molar-refractivity contribution in [3.8, 4) is 0 Å². The number of rotatable bonds is 6. The molecule has 0 heterocycles. The van der Waals surface area contributed by atoms with Crippen LogP contribution in [-0.2, 0) is 5.41 Å². The first kappa shape index (κ1) is 19.7. The Hall–Kier alpha value is -2.60. The van der Waals surface area contributed by atoms with Crippen LogP contribution in [0.3, 0.4) is 0 Å². The molecular formula is C19H22ClN3O3. The van der Waals surface area contributed by atoms with Crippen molar-refractivity contribution in [2.45, 2.75) is 26.2 Å². The highest BCUT2D eigenvalue weighted by molar-refractivity contribution is 6.33. The monoisotopic (exact) mass is 375 g/mol. The van der Waals surface area contributed by atoms with E-state index in [4.69, 9.17) is 11.6 Å². The molecule has 2 aromatic rings. The Labute approximate surface area is 157 Å². The van der Waals surface area contributed by atoms with Gasteiger partial charge >= 0.3 is 0 Å². The maximum Gasteiger partial charge on any atom is 0.293 e. The lowest BCUT2D eigenvalue weighted by atomic mass is 9.87. The van der Waals surface area contributed by atoms with E-state index in [2.05, 4.69) is 31.4 Å². The summed E-state index contributed by atoms with van der Waals surface area (Å²) >= 11 is 6.01. The Balaban J connectivity index is 1.91. The minimum Gasteiger partial charge on any atom is -0.376 e. The number of nitrogens with one attached hydrogen (secondary N) is 2. The Kier molecular flexibility index (Phi) is 6.21. The van der Waals surface area contributed by atoms with Crippen molar-refractivity contribution < 1.29 is 9.72 Å². The van der Waals surface area contributed by atoms with Crippen LogP contribution in [0.25, 0.3) is 0 Å². The number of nitro groups is 1. The largest absolute Gasteiger partial charge is 0.376 e. The number of anilines is 1. The maximum absolute atomic E-state index is 12.2. The number of carbonyl (C=O) groups is 1. The predicted octanol–water partition coefficient (Wildman–Crippen LogP) is 4.39. The molecule has 6 nitrogen and oxygen atoms in total. The number of hydrogen-bond donors (Lipinski definition) is 2. The molecule has 1 amide bonds. The smallest absolute Gasteiger partial charge is 0.293 e. The normalized spacial score (nSPS) is 11.1. The zero-order chi connectivity index (χ0) is 19.3. The Morgan fingerprint density at radius 2 is 1.77 bits per heavy atom. The predicted molar refractivity (Wildman–Crippen MR) is 104 cm³/mol. The van der Waals surface area contributed by atoms with E-state index in [1.807, 2.05) is 12.1 Å². The van der Waals surface area contributed by atoms with E-state index in [-0.39, 0.29) is 27.7 Å². The van der Waals surface area contributed by atoms with Crippen molar-refractivity contribution in [3.05, 3.63) is 68.7 Å². The van der Waals surface area contributed by atoms with Crippen molar-refractivity contribution >= 4 is 28.9 Å². The van der Waals surface area contributed by atoms with Gasteiger partial charge in [0.15, 0.2) is 0 Å². The first-order valence-electron chi connectivity index (χ1n) is 8.25. The van der Waals surface area contributed by atoms with Crippen molar-refractivity contribution in [1.29, 1.82) is 0 Å². The number of nitrogens with zero attached hydrogens (tertiary/aromatic N) is 1. The van der Waals surface area contributed by atoms with Crippen molar-refractivity contribution in [1.82, 2.24) is 5.32 Å². The topological polar surface area (TPSA) is 84.3 Å². The molecule has 26 heavy (non-hydrogen) atoms. The number of benzene rings is 2. The van der Waals surface area contributed by atoms with Gasteiger partial charge < -0.3 is 10.6 Å². The standard InChI is InChI=1S/C19H22ClN3O3/c1-19(2,3)14-9-7-13(8-10-14)18(24)22-12-11-21-17-15(20)5-4-6-16(17)23(25)26/h4-10,21H,11-12H2,1-3H3,(H,22,24). The van der Waals surface area contributed by atoms with Crippen LogP contribution in [0.5, 0.6) is 0 Å². The fourth-order valence-corrected chi connectivity index (χ4v) is 2.66. The molecule has 0 bridgehead atoms. The molecule has 0 aliphatic carbocycles. The summed E-state index contributed by atoms with van der Waals surface area (Å²) in [5.74, 6) is -0.194. The van der Waals surface area contributed by atoms with Crippen molar-refractivity contribution in [3.63, 3.8) is 0 Å². The molecule has 138 valence electrons. The van der Waals surface area contributed by atoms with Crippen LogP contribution in [0.15, 0.2) is 42.5 Å². The summed E-state index contributed by atoms with van der Waals surface area (Å²) < 4.78 is 0. The van der Waals surface area contributed by atoms with Crippen molar-refractivity contribution in [2.75, 3.05) is 18.4 Å². The number of halogens is 1. The summed E-state index contributed by atoms with van der Waals surface area (Å²) in [6, 6.07) is 12.0. The fourth-order valence-electron chi connectivity index (χ4n) is 2.43. The number of nitro benzene ring substituents is 1. The highest BCUT2D eigenvalue weighted by Gasteiger charge is 2.16. The minimum atomic E-state index is -0.496. The lowest BCUT2D eigenvalue weighted by Gasteiger charge is -2.19. The van der Waals surface area contributed by atoms with Gasteiger partial charge in [0.2, 0.25) is 0 Å². The highest BCUT2D eigenvalue weighted by Crippen LogP contribution is 2.31. The molecular weight excluding hydrogens is 354 g/mol. The third kappa shape index (κ3) is 4.95. The molecule has 0 radical (unpaired) electrons. The molecule has 0 aliphatic rings. The summed E-state index contributed by atoms with van der Waals surface area (Å²) in [7, 11) is 0. The Bertz CT molecular complexity index is 799. The third-order valence-corrected chi connectivity index (χ3v) is 4.23. The second kappa shape index (κ2) is 8.19. The molecule has 0 aliphatic heterocycles. The zero-order valence-corrected chi connectivity index (χ0v) is 15.8. The second-order valence-electron chi connectivity index (χ2n) is 6.90. The molecule has 0 saturated heterocycles. The number of carbonyl (C=O) groups excluding carboxylic acids is 1. The van der Waals surface area contributed by atoms with E-state index in [9.17, 15) is 14.9 Å². The Morgan fingerprint density at radius 1 is 1.12 bits per heavy atom. The van der Waals surface area contributed by atoms with Crippen LogP contribution in [-0.4, -0.2) is 23.9 Å². The third-order valence-electron chi connectivity index (χ3n) is 3.91. The lowest BCUT2D eigenvalue weighted by molar-refractivity contribution is -0.383. The Morgan fingerprint density at radius 3 is 2.35 bits per heavy atom.